The molecule has 1 atom stereocenters. The van der Waals surface area contributed by atoms with E-state index in [-0.39, 0.29) is 41.5 Å². The topological polar surface area (TPSA) is 166 Å². The fraction of sp³-hybridized carbons (Fsp3) is 0.275. The van der Waals surface area contributed by atoms with Gasteiger partial charge in [-0.2, -0.15) is 0 Å². The molecule has 4 heterocycles. The molecule has 3 aromatic carbocycles. The lowest BCUT2D eigenvalue weighted by molar-refractivity contribution is -0.136. The highest BCUT2D eigenvalue weighted by Crippen LogP contribution is 2.36. The number of pyridine rings is 1. The summed E-state index contributed by atoms with van der Waals surface area (Å²) < 4.78 is 17.7. The van der Waals surface area contributed by atoms with Crippen LogP contribution in [0.15, 0.2) is 89.5 Å². The van der Waals surface area contributed by atoms with Gasteiger partial charge in [0, 0.05) is 55.6 Å². The molecule has 1 unspecified atom stereocenters. The molecule has 0 spiro atoms. The van der Waals surface area contributed by atoms with E-state index < -0.39 is 29.7 Å². The number of carbonyl (C=O) groups is 4. The average Bonchev–Trinajstić information content (AvgIpc) is 3.68. The van der Waals surface area contributed by atoms with Crippen LogP contribution in [0.25, 0.3) is 11.5 Å². The van der Waals surface area contributed by atoms with E-state index in [4.69, 9.17) is 13.9 Å². The number of anilines is 1. The van der Waals surface area contributed by atoms with E-state index in [1.807, 2.05) is 30.3 Å². The summed E-state index contributed by atoms with van der Waals surface area (Å²) in [7, 11) is 0. The highest BCUT2D eigenvalue weighted by Gasteiger charge is 2.45. The molecule has 53 heavy (non-hydrogen) atoms. The number of nitrogens with zero attached hydrogens (tertiary/aromatic N) is 4. The molecule has 268 valence electrons. The summed E-state index contributed by atoms with van der Waals surface area (Å²) >= 11 is 0. The molecule has 13 nitrogen and oxygen atoms in total. The molecule has 2 N–H and O–H groups in total. The van der Waals surface area contributed by atoms with Gasteiger partial charge >= 0.3 is 0 Å². The number of ether oxygens (including phenoxy) is 2. The molecule has 13 heteroatoms. The smallest absolute Gasteiger partial charge is 0.262 e. The Morgan fingerprint density at radius 1 is 0.849 bits per heavy atom. The molecule has 8 rings (SSSR count). The van der Waals surface area contributed by atoms with Crippen molar-refractivity contribution in [2.75, 3.05) is 5.32 Å². The second-order valence-corrected chi connectivity index (χ2v) is 14.0. The number of piperidine rings is 1. The van der Waals surface area contributed by atoms with Gasteiger partial charge in [-0.3, -0.25) is 29.4 Å². The largest absolute Gasteiger partial charge is 0.490 e. The number of aromatic nitrogens is 3. The summed E-state index contributed by atoms with van der Waals surface area (Å²) in [5.41, 5.74) is 3.93. The first-order chi connectivity index (χ1) is 25.5. The summed E-state index contributed by atoms with van der Waals surface area (Å²) in [4.78, 5) is 55.4. The normalized spacial score (nSPS) is 19.8. The molecule has 1 saturated heterocycles. The Morgan fingerprint density at radius 3 is 2.19 bits per heavy atom. The van der Waals surface area contributed by atoms with Gasteiger partial charge in [-0.05, 0) is 66.1 Å². The number of rotatable bonds is 10. The number of aryl methyl sites for hydroxylation is 1. The van der Waals surface area contributed by atoms with Crippen molar-refractivity contribution in [3.8, 4) is 28.8 Å². The van der Waals surface area contributed by atoms with Crippen LogP contribution in [-0.2, 0) is 15.0 Å². The van der Waals surface area contributed by atoms with Crippen LogP contribution < -0.4 is 20.1 Å². The van der Waals surface area contributed by atoms with Gasteiger partial charge in [0.1, 0.15) is 23.6 Å². The van der Waals surface area contributed by atoms with Gasteiger partial charge in [0.15, 0.2) is 0 Å². The zero-order valence-corrected chi connectivity index (χ0v) is 29.3. The molecular formula is C40H36N6O7. The Labute approximate surface area is 304 Å². The number of imide groups is 2. The van der Waals surface area contributed by atoms with Crippen LogP contribution in [0.4, 0.5) is 5.69 Å². The third-order valence-corrected chi connectivity index (χ3v) is 10.1. The third-order valence-electron chi connectivity index (χ3n) is 10.1. The van der Waals surface area contributed by atoms with Crippen LogP contribution in [-0.4, -0.2) is 61.9 Å². The van der Waals surface area contributed by atoms with E-state index in [0.717, 1.165) is 40.2 Å². The monoisotopic (exact) mass is 712 g/mol. The van der Waals surface area contributed by atoms with Gasteiger partial charge in [-0.25, -0.2) is 4.98 Å². The standard InChI is InChI=1S/C40H36N6O7/c1-22-44-45-37(51-22)23-4-17-35(41-21-23)53-29-12-7-25(8-13-29)40(2,3)24-5-10-28(11-6-24)52-30-18-27(19-30)42-26-9-14-31-32(20-26)39(50)46(38(31)49)33-15-16-34(47)43-36(33)48/h4-14,17,20-21,27,30,33,42H,15-16,18-19H2,1-3H3,(H,43,47,48)/t27-,30-,33?. The van der Waals surface area contributed by atoms with Crippen LogP contribution in [0.3, 0.4) is 0 Å². The second-order valence-electron chi connectivity index (χ2n) is 14.0. The van der Waals surface area contributed by atoms with E-state index in [9.17, 15) is 19.2 Å². The maximum atomic E-state index is 13.2. The Hall–Kier alpha value is -6.37. The van der Waals surface area contributed by atoms with E-state index >= 15 is 0 Å². The van der Waals surface area contributed by atoms with Gasteiger partial charge < -0.3 is 19.2 Å². The summed E-state index contributed by atoms with van der Waals surface area (Å²) in [6.07, 6.45) is 3.41. The third kappa shape index (κ3) is 6.61. The molecule has 5 aromatic rings. The van der Waals surface area contributed by atoms with Crippen LogP contribution in [0.5, 0.6) is 17.4 Å². The van der Waals surface area contributed by atoms with Gasteiger partial charge in [-0.1, -0.05) is 38.1 Å². The highest BCUT2D eigenvalue weighted by atomic mass is 16.5. The van der Waals surface area contributed by atoms with Crippen LogP contribution in [0.1, 0.15) is 77.3 Å². The number of amides is 4. The van der Waals surface area contributed by atoms with E-state index in [0.29, 0.717) is 29.1 Å². The summed E-state index contributed by atoms with van der Waals surface area (Å²) in [6.45, 7) is 6.09. The molecule has 0 bridgehead atoms. The Morgan fingerprint density at radius 2 is 1.55 bits per heavy atom. The fourth-order valence-electron chi connectivity index (χ4n) is 6.93. The lowest BCUT2D eigenvalue weighted by Crippen LogP contribution is -2.54. The van der Waals surface area contributed by atoms with E-state index in [1.165, 1.54) is 0 Å². The summed E-state index contributed by atoms with van der Waals surface area (Å²) in [6, 6.07) is 23.9. The van der Waals surface area contributed by atoms with E-state index in [1.54, 1.807) is 37.4 Å². The van der Waals surface area contributed by atoms with Crippen molar-refractivity contribution in [2.24, 2.45) is 0 Å². The van der Waals surface area contributed by atoms with Gasteiger partial charge in [0.05, 0.1) is 16.7 Å². The lowest BCUT2D eigenvalue weighted by Gasteiger charge is -2.36. The number of nitrogens with one attached hydrogen (secondary N) is 2. The number of benzene rings is 3. The molecule has 3 aliphatic rings. The van der Waals surface area contributed by atoms with Crippen LogP contribution in [0.2, 0.25) is 0 Å². The Bertz CT molecular complexity index is 2230. The van der Waals surface area contributed by atoms with E-state index in [2.05, 4.69) is 63.9 Å². The van der Waals surface area contributed by atoms with Crippen molar-refractivity contribution in [3.63, 3.8) is 0 Å². The van der Waals surface area contributed by atoms with Crippen LogP contribution >= 0.6 is 0 Å². The molecule has 2 fully saturated rings. The van der Waals surface area contributed by atoms with Crippen molar-refractivity contribution < 1.29 is 33.1 Å². The Balaban J connectivity index is 0.829. The van der Waals surface area contributed by atoms with Crippen molar-refractivity contribution >= 4 is 29.3 Å². The predicted molar refractivity (Wildman–Crippen MR) is 192 cm³/mol. The van der Waals surface area contributed by atoms with Crippen molar-refractivity contribution in [1.29, 1.82) is 0 Å². The SMILES string of the molecule is Cc1nnc(-c2ccc(Oc3ccc(C(C)(C)c4ccc(O[C@H]5C[C@H](Nc6ccc7c(c6)C(=O)N(C6CCC(=O)NC6=O)C7=O)C5)cc4)cc3)nc2)o1. The minimum Gasteiger partial charge on any atom is -0.490 e. The van der Waals surface area contributed by atoms with Crippen molar-refractivity contribution in [2.45, 2.75) is 70.1 Å². The number of carbonyl (C=O) groups excluding carboxylic acids is 4. The molecule has 2 aromatic heterocycles. The predicted octanol–water partition coefficient (Wildman–Crippen LogP) is 5.98. The van der Waals surface area contributed by atoms with Crippen molar-refractivity contribution in [1.82, 2.24) is 25.4 Å². The average molecular weight is 713 g/mol. The maximum absolute atomic E-state index is 13.2. The second kappa shape index (κ2) is 13.3. The van der Waals surface area contributed by atoms with Crippen molar-refractivity contribution in [3.05, 3.63) is 113 Å². The summed E-state index contributed by atoms with van der Waals surface area (Å²) in [5, 5.41) is 13.5. The zero-order valence-electron chi connectivity index (χ0n) is 29.3. The highest BCUT2D eigenvalue weighted by molar-refractivity contribution is 6.23. The maximum Gasteiger partial charge on any atom is 0.262 e. The van der Waals surface area contributed by atoms with Gasteiger partial charge in [0.25, 0.3) is 11.8 Å². The first-order valence-corrected chi connectivity index (χ1v) is 17.5. The van der Waals surface area contributed by atoms with Gasteiger partial charge in [0.2, 0.25) is 29.5 Å². The number of hydrogen-bond donors (Lipinski definition) is 2. The fourth-order valence-corrected chi connectivity index (χ4v) is 6.93. The molecule has 0 radical (unpaired) electrons. The molecule has 1 aliphatic carbocycles. The first-order valence-electron chi connectivity index (χ1n) is 17.5. The zero-order chi connectivity index (χ0) is 36.9. The first kappa shape index (κ1) is 33.8. The lowest BCUT2D eigenvalue weighted by atomic mass is 9.78. The molecular weight excluding hydrogens is 676 g/mol. The minimum atomic E-state index is -0.989. The number of fused-ring (bicyclic) bond motifs is 1. The number of hydrogen-bond acceptors (Lipinski definition) is 11. The van der Waals surface area contributed by atoms with Gasteiger partial charge in [-0.15, -0.1) is 10.2 Å². The molecule has 2 aliphatic heterocycles. The summed E-state index contributed by atoms with van der Waals surface area (Å²) in [5.74, 6) is 0.752. The quantitative estimate of drug-likeness (QED) is 0.164. The Kier molecular flexibility index (Phi) is 8.48. The minimum absolute atomic E-state index is 0.0354. The molecule has 4 amide bonds. The molecule has 1 saturated carbocycles. The van der Waals surface area contributed by atoms with Crippen LogP contribution in [0, 0.1) is 6.92 Å².